The standard InChI is InChI=1S/C22H24N4O2S3/c27-19(15-28-17-6-4-16(5-7-17)21-29-13-2-14-30-21)25-9-11-26(12-10-25)22-24-18-3-1-8-23-20(18)31-22/h1,3-8,21H,2,9-15H2. The summed E-state index contributed by atoms with van der Waals surface area (Å²) in [4.78, 5) is 26.7. The van der Waals surface area contributed by atoms with Crippen LogP contribution in [-0.2, 0) is 4.79 Å². The fourth-order valence-electron chi connectivity index (χ4n) is 3.68. The maximum absolute atomic E-state index is 12.6. The van der Waals surface area contributed by atoms with Crippen LogP contribution in [0.4, 0.5) is 5.13 Å². The number of anilines is 1. The van der Waals surface area contributed by atoms with E-state index in [9.17, 15) is 4.79 Å². The summed E-state index contributed by atoms with van der Waals surface area (Å²) in [5.41, 5.74) is 2.26. The SMILES string of the molecule is O=C(COc1ccc(C2SCCCS2)cc1)N1CCN(c2nc3cccnc3s2)CC1. The largest absolute Gasteiger partial charge is 0.484 e. The minimum absolute atomic E-state index is 0.0353. The minimum atomic E-state index is 0.0353. The molecule has 2 aromatic heterocycles. The van der Waals surface area contributed by atoms with E-state index in [1.54, 1.807) is 17.5 Å². The Morgan fingerprint density at radius 1 is 1.06 bits per heavy atom. The van der Waals surface area contributed by atoms with Crippen LogP contribution in [0.25, 0.3) is 10.3 Å². The van der Waals surface area contributed by atoms with Crippen LogP contribution in [0.2, 0.25) is 0 Å². The third kappa shape index (κ3) is 4.94. The van der Waals surface area contributed by atoms with Gasteiger partial charge < -0.3 is 14.5 Å². The number of fused-ring (bicyclic) bond motifs is 1. The Morgan fingerprint density at radius 2 is 1.84 bits per heavy atom. The van der Waals surface area contributed by atoms with Gasteiger partial charge in [-0.3, -0.25) is 4.79 Å². The fraction of sp³-hybridized carbons (Fsp3) is 0.409. The molecule has 1 amide bonds. The molecule has 2 aliphatic heterocycles. The molecule has 0 N–H and O–H groups in total. The monoisotopic (exact) mass is 472 g/mol. The van der Waals surface area contributed by atoms with Crippen molar-refractivity contribution in [3.63, 3.8) is 0 Å². The minimum Gasteiger partial charge on any atom is -0.484 e. The van der Waals surface area contributed by atoms with Gasteiger partial charge >= 0.3 is 0 Å². The molecule has 9 heteroatoms. The number of benzene rings is 1. The number of hydrogen-bond acceptors (Lipinski definition) is 8. The van der Waals surface area contributed by atoms with Crippen LogP contribution < -0.4 is 9.64 Å². The van der Waals surface area contributed by atoms with E-state index < -0.39 is 0 Å². The number of rotatable bonds is 5. The Hall–Kier alpha value is -1.97. The molecule has 162 valence electrons. The summed E-state index contributed by atoms with van der Waals surface area (Å²) in [6, 6.07) is 12.1. The molecule has 0 atom stereocenters. The number of piperazine rings is 1. The molecule has 0 radical (unpaired) electrons. The summed E-state index contributed by atoms with van der Waals surface area (Å²) in [6.45, 7) is 2.99. The van der Waals surface area contributed by atoms with Crippen LogP contribution >= 0.6 is 34.9 Å². The predicted octanol–water partition coefficient (Wildman–Crippen LogP) is 4.29. The lowest BCUT2D eigenvalue weighted by Gasteiger charge is -2.34. The van der Waals surface area contributed by atoms with Gasteiger partial charge in [0.1, 0.15) is 16.1 Å². The third-order valence-corrected chi connectivity index (χ3v) is 9.45. The third-order valence-electron chi connectivity index (χ3n) is 5.40. The number of carbonyl (C=O) groups excluding carboxylic acids is 1. The second kappa shape index (κ2) is 9.67. The molecule has 3 aromatic rings. The molecule has 6 nitrogen and oxygen atoms in total. The number of nitrogens with zero attached hydrogens (tertiary/aromatic N) is 4. The fourth-order valence-corrected chi connectivity index (χ4v) is 7.53. The van der Waals surface area contributed by atoms with Crippen molar-refractivity contribution in [2.75, 3.05) is 49.2 Å². The topological polar surface area (TPSA) is 58.6 Å². The second-order valence-corrected chi connectivity index (χ2v) is 11.2. The number of ether oxygens (including phenoxy) is 1. The van der Waals surface area contributed by atoms with Crippen molar-refractivity contribution in [3.8, 4) is 5.75 Å². The number of thioether (sulfide) groups is 2. The van der Waals surface area contributed by atoms with Crippen molar-refractivity contribution in [1.29, 1.82) is 0 Å². The highest BCUT2D eigenvalue weighted by molar-refractivity contribution is 8.16. The average molecular weight is 473 g/mol. The van der Waals surface area contributed by atoms with E-state index in [2.05, 4.69) is 27.0 Å². The van der Waals surface area contributed by atoms with Crippen molar-refractivity contribution in [2.45, 2.75) is 11.0 Å². The first-order valence-corrected chi connectivity index (χ1v) is 13.4. The molecule has 5 rings (SSSR count). The highest BCUT2D eigenvalue weighted by Crippen LogP contribution is 2.43. The number of hydrogen-bond donors (Lipinski definition) is 0. The lowest BCUT2D eigenvalue weighted by molar-refractivity contribution is -0.133. The van der Waals surface area contributed by atoms with Crippen molar-refractivity contribution >= 4 is 56.2 Å². The zero-order valence-electron chi connectivity index (χ0n) is 17.1. The highest BCUT2D eigenvalue weighted by atomic mass is 32.2. The molecule has 0 unspecified atom stereocenters. The van der Waals surface area contributed by atoms with Crippen molar-refractivity contribution in [2.24, 2.45) is 0 Å². The number of aromatic nitrogens is 2. The molecule has 0 bridgehead atoms. The summed E-state index contributed by atoms with van der Waals surface area (Å²) in [5.74, 6) is 3.25. The summed E-state index contributed by atoms with van der Waals surface area (Å²) in [5, 5.41) is 0.978. The molecule has 0 saturated carbocycles. The van der Waals surface area contributed by atoms with Gasteiger partial charge in [0, 0.05) is 32.4 Å². The maximum atomic E-state index is 12.6. The Morgan fingerprint density at radius 3 is 2.58 bits per heavy atom. The molecule has 0 aliphatic carbocycles. The Kier molecular flexibility index (Phi) is 6.52. The highest BCUT2D eigenvalue weighted by Gasteiger charge is 2.23. The first-order chi connectivity index (χ1) is 15.3. The van der Waals surface area contributed by atoms with E-state index >= 15 is 0 Å². The van der Waals surface area contributed by atoms with E-state index in [4.69, 9.17) is 4.74 Å². The normalized spacial score (nSPS) is 17.8. The van der Waals surface area contributed by atoms with Gasteiger partial charge in [0.2, 0.25) is 0 Å². The molecule has 2 saturated heterocycles. The average Bonchev–Trinajstić information content (AvgIpc) is 3.28. The van der Waals surface area contributed by atoms with Crippen molar-refractivity contribution < 1.29 is 9.53 Å². The van der Waals surface area contributed by atoms with Crippen molar-refractivity contribution in [3.05, 3.63) is 48.2 Å². The predicted molar refractivity (Wildman–Crippen MR) is 130 cm³/mol. The zero-order chi connectivity index (χ0) is 21.0. The molecule has 31 heavy (non-hydrogen) atoms. The number of carbonyl (C=O) groups is 1. The van der Waals surface area contributed by atoms with Crippen molar-refractivity contribution in [1.82, 2.24) is 14.9 Å². The molecule has 2 fully saturated rings. The van der Waals surface area contributed by atoms with E-state index in [-0.39, 0.29) is 12.5 Å². The van der Waals surface area contributed by atoms with E-state index in [1.165, 1.54) is 23.5 Å². The van der Waals surface area contributed by atoms with E-state index in [0.717, 1.165) is 34.3 Å². The Labute approximate surface area is 194 Å². The van der Waals surface area contributed by atoms with Crippen LogP contribution in [0.15, 0.2) is 42.6 Å². The smallest absolute Gasteiger partial charge is 0.260 e. The molecular formula is C22H24N4O2S3. The first-order valence-electron chi connectivity index (χ1n) is 10.5. The lowest BCUT2D eigenvalue weighted by Crippen LogP contribution is -2.50. The zero-order valence-corrected chi connectivity index (χ0v) is 19.6. The van der Waals surface area contributed by atoms with Gasteiger partial charge in [0.05, 0.1) is 4.58 Å². The Bertz CT molecular complexity index is 996. The molecule has 4 heterocycles. The van der Waals surface area contributed by atoms with Gasteiger partial charge in [-0.05, 0) is 47.8 Å². The van der Waals surface area contributed by atoms with Crippen LogP contribution in [0.1, 0.15) is 16.6 Å². The first kappa shape index (κ1) is 20.9. The molecule has 1 aromatic carbocycles. The molecule has 0 spiro atoms. The van der Waals surface area contributed by atoms with Crippen LogP contribution in [0.3, 0.4) is 0 Å². The van der Waals surface area contributed by atoms with E-state index in [0.29, 0.717) is 17.7 Å². The summed E-state index contributed by atoms with van der Waals surface area (Å²) in [7, 11) is 0. The summed E-state index contributed by atoms with van der Waals surface area (Å²) < 4.78 is 6.30. The van der Waals surface area contributed by atoms with Gasteiger partial charge in [-0.1, -0.05) is 23.5 Å². The number of thiazole rings is 1. The second-order valence-electron chi connectivity index (χ2n) is 7.48. The van der Waals surface area contributed by atoms with Gasteiger partial charge in [0.25, 0.3) is 5.91 Å². The van der Waals surface area contributed by atoms with Crippen LogP contribution in [0.5, 0.6) is 5.75 Å². The van der Waals surface area contributed by atoms with Crippen LogP contribution in [-0.4, -0.2) is 65.1 Å². The number of amides is 1. The summed E-state index contributed by atoms with van der Waals surface area (Å²) >= 11 is 5.62. The van der Waals surface area contributed by atoms with Gasteiger partial charge in [-0.25, -0.2) is 9.97 Å². The molecule has 2 aliphatic rings. The van der Waals surface area contributed by atoms with Gasteiger partial charge in [0.15, 0.2) is 11.7 Å². The van der Waals surface area contributed by atoms with Crippen LogP contribution in [0, 0.1) is 0 Å². The number of pyridine rings is 1. The van der Waals surface area contributed by atoms with E-state index in [1.807, 2.05) is 52.7 Å². The molecular weight excluding hydrogens is 448 g/mol. The van der Waals surface area contributed by atoms with Gasteiger partial charge in [-0.2, -0.15) is 0 Å². The maximum Gasteiger partial charge on any atom is 0.260 e. The Balaban J connectivity index is 1.10. The van der Waals surface area contributed by atoms with Gasteiger partial charge in [-0.15, -0.1) is 23.5 Å². The summed E-state index contributed by atoms with van der Waals surface area (Å²) in [6.07, 6.45) is 3.09. The quantitative estimate of drug-likeness (QED) is 0.549. The lowest BCUT2D eigenvalue weighted by atomic mass is 10.2.